The lowest BCUT2D eigenvalue weighted by molar-refractivity contribution is 0.670. The van der Waals surface area contributed by atoms with Gasteiger partial charge in [-0.05, 0) is 144 Å². The average Bonchev–Trinajstić information content (AvgIpc) is 3.47. The van der Waals surface area contributed by atoms with Crippen molar-refractivity contribution in [3.63, 3.8) is 0 Å². The molecule has 0 amide bonds. The first-order valence-corrected chi connectivity index (χ1v) is 16.7. The number of hydrogen-bond donors (Lipinski definition) is 0. The maximum Gasteiger partial charge on any atom is 0.136 e. The number of rotatable bonds is 6. The summed E-state index contributed by atoms with van der Waals surface area (Å²) in [5, 5.41) is 6.88. The molecule has 0 atom stereocenters. The van der Waals surface area contributed by atoms with E-state index in [1.165, 1.54) is 21.9 Å². The molecule has 1 aromatic heterocycles. The van der Waals surface area contributed by atoms with Crippen molar-refractivity contribution >= 4 is 77.6 Å². The van der Waals surface area contributed by atoms with Crippen LogP contribution in [0.2, 0.25) is 0 Å². The molecule has 0 radical (unpaired) electrons. The molecule has 9 aromatic rings. The van der Waals surface area contributed by atoms with Crippen LogP contribution in [-0.4, -0.2) is 0 Å². The van der Waals surface area contributed by atoms with Crippen LogP contribution in [0, 0.1) is 13.8 Å². The van der Waals surface area contributed by atoms with Crippen LogP contribution < -0.4 is 9.80 Å². The van der Waals surface area contributed by atoms with Gasteiger partial charge in [0.1, 0.15) is 11.2 Å². The molecule has 0 saturated heterocycles. The van der Waals surface area contributed by atoms with Crippen molar-refractivity contribution in [2.45, 2.75) is 13.8 Å². The molecule has 0 N–H and O–H groups in total. The SMILES string of the molecule is Cc1cccc(N(c2ccccc2)c2ccc3cc4oc5cc6ccc(N(c7ccccc7)c7cccc(C)c7)cc6cc5c4cc3c2)c1. The second-order valence-corrected chi connectivity index (χ2v) is 12.9. The molecule has 0 saturated carbocycles. The minimum Gasteiger partial charge on any atom is -0.456 e. The van der Waals surface area contributed by atoms with Crippen molar-refractivity contribution in [3.8, 4) is 0 Å². The molecular formula is C46H34N2O. The van der Waals surface area contributed by atoms with Gasteiger partial charge in [0.2, 0.25) is 0 Å². The Bertz CT molecular complexity index is 2460. The van der Waals surface area contributed by atoms with E-state index in [-0.39, 0.29) is 0 Å². The van der Waals surface area contributed by atoms with E-state index in [9.17, 15) is 0 Å². The Kier molecular flexibility index (Phi) is 6.91. The van der Waals surface area contributed by atoms with Gasteiger partial charge in [-0.2, -0.15) is 0 Å². The molecule has 0 fully saturated rings. The largest absolute Gasteiger partial charge is 0.456 e. The third-order valence-electron chi connectivity index (χ3n) is 9.42. The predicted molar refractivity (Wildman–Crippen MR) is 208 cm³/mol. The molecule has 0 aliphatic carbocycles. The van der Waals surface area contributed by atoms with Gasteiger partial charge in [0.05, 0.1) is 0 Å². The molecule has 1 heterocycles. The lowest BCUT2D eigenvalue weighted by atomic mass is 10.0. The van der Waals surface area contributed by atoms with E-state index < -0.39 is 0 Å². The first-order chi connectivity index (χ1) is 24.1. The Hall–Kier alpha value is -6.32. The van der Waals surface area contributed by atoms with E-state index in [4.69, 9.17) is 4.42 Å². The second kappa shape index (κ2) is 11.7. The topological polar surface area (TPSA) is 19.6 Å². The van der Waals surface area contributed by atoms with Crippen molar-refractivity contribution in [2.24, 2.45) is 0 Å². The molecule has 0 aliphatic heterocycles. The van der Waals surface area contributed by atoms with E-state index >= 15 is 0 Å². The highest BCUT2D eigenvalue weighted by Crippen LogP contribution is 2.41. The number of para-hydroxylation sites is 2. The summed E-state index contributed by atoms with van der Waals surface area (Å²) in [4.78, 5) is 4.65. The van der Waals surface area contributed by atoms with Gasteiger partial charge in [-0.3, -0.25) is 0 Å². The molecule has 0 unspecified atom stereocenters. The van der Waals surface area contributed by atoms with Crippen LogP contribution in [0.4, 0.5) is 34.1 Å². The summed E-state index contributed by atoms with van der Waals surface area (Å²) in [6.45, 7) is 4.28. The Morgan fingerprint density at radius 2 is 0.735 bits per heavy atom. The number of anilines is 6. The van der Waals surface area contributed by atoms with Gasteiger partial charge < -0.3 is 14.2 Å². The number of nitrogens with zero attached hydrogens (tertiary/aromatic N) is 2. The lowest BCUT2D eigenvalue weighted by Gasteiger charge is -2.26. The van der Waals surface area contributed by atoms with Gasteiger partial charge in [0.15, 0.2) is 0 Å². The standard InChI is InChI=1S/C46H34N2O/c1-31-11-9-17-39(23-31)47(37-13-5-3-6-14-37)41-21-19-33-29-45-43(27-35(33)25-41)44-28-36-26-42(22-20-34(36)30-46(44)49-45)48(38-15-7-4-8-16-38)40-18-10-12-32(2)24-40/h3-30H,1-2H3. The number of furan rings is 1. The summed E-state index contributed by atoms with van der Waals surface area (Å²) in [7, 11) is 0. The first-order valence-electron chi connectivity index (χ1n) is 16.7. The van der Waals surface area contributed by atoms with Crippen LogP contribution in [0.5, 0.6) is 0 Å². The summed E-state index contributed by atoms with van der Waals surface area (Å²) >= 11 is 0. The van der Waals surface area contributed by atoms with Crippen LogP contribution in [0.15, 0.2) is 174 Å². The fourth-order valence-corrected chi connectivity index (χ4v) is 7.10. The highest BCUT2D eigenvalue weighted by molar-refractivity contribution is 6.14. The maximum absolute atomic E-state index is 6.51. The van der Waals surface area contributed by atoms with Crippen molar-refractivity contribution in [2.75, 3.05) is 9.80 Å². The normalized spacial score (nSPS) is 11.5. The molecule has 3 nitrogen and oxygen atoms in total. The summed E-state index contributed by atoms with van der Waals surface area (Å²) in [6.07, 6.45) is 0. The van der Waals surface area contributed by atoms with Gasteiger partial charge in [-0.1, -0.05) is 72.8 Å². The summed E-state index contributed by atoms with van der Waals surface area (Å²) in [6, 6.07) is 60.8. The van der Waals surface area contributed by atoms with E-state index in [1.807, 2.05) is 0 Å². The highest BCUT2D eigenvalue weighted by atomic mass is 16.3. The number of hydrogen-bond acceptors (Lipinski definition) is 3. The molecule has 49 heavy (non-hydrogen) atoms. The van der Waals surface area contributed by atoms with Crippen LogP contribution in [0.1, 0.15) is 11.1 Å². The maximum atomic E-state index is 6.51. The quantitative estimate of drug-likeness (QED) is 0.182. The summed E-state index contributed by atoms with van der Waals surface area (Å²) in [5.41, 5.74) is 11.0. The molecule has 3 heteroatoms. The van der Waals surface area contributed by atoms with Gasteiger partial charge in [0, 0.05) is 44.9 Å². The minimum absolute atomic E-state index is 0.898. The first kappa shape index (κ1) is 28.9. The van der Waals surface area contributed by atoms with Gasteiger partial charge in [-0.15, -0.1) is 0 Å². The van der Waals surface area contributed by atoms with Crippen molar-refractivity contribution in [1.82, 2.24) is 0 Å². The summed E-state index contributed by atoms with van der Waals surface area (Å²) < 4.78 is 6.51. The number of fused-ring (bicyclic) bond motifs is 5. The van der Waals surface area contributed by atoms with Crippen LogP contribution in [-0.2, 0) is 0 Å². The van der Waals surface area contributed by atoms with Crippen molar-refractivity contribution < 1.29 is 4.42 Å². The number of benzene rings is 8. The molecule has 0 spiro atoms. The van der Waals surface area contributed by atoms with Crippen LogP contribution >= 0.6 is 0 Å². The van der Waals surface area contributed by atoms with Crippen molar-refractivity contribution in [3.05, 3.63) is 181 Å². The third-order valence-corrected chi connectivity index (χ3v) is 9.42. The van der Waals surface area contributed by atoms with Gasteiger partial charge >= 0.3 is 0 Å². The van der Waals surface area contributed by atoms with Crippen LogP contribution in [0.3, 0.4) is 0 Å². The Labute approximate surface area is 285 Å². The Morgan fingerprint density at radius 3 is 1.16 bits per heavy atom. The Balaban J connectivity index is 1.19. The fourth-order valence-electron chi connectivity index (χ4n) is 7.10. The smallest absolute Gasteiger partial charge is 0.136 e. The molecule has 8 aromatic carbocycles. The zero-order valence-corrected chi connectivity index (χ0v) is 27.5. The highest BCUT2D eigenvalue weighted by Gasteiger charge is 2.17. The fraction of sp³-hybridized carbons (Fsp3) is 0.0435. The lowest BCUT2D eigenvalue weighted by Crippen LogP contribution is -2.09. The van der Waals surface area contributed by atoms with E-state index in [0.29, 0.717) is 0 Å². The third kappa shape index (κ3) is 5.26. The van der Waals surface area contributed by atoms with Crippen molar-refractivity contribution in [1.29, 1.82) is 0 Å². The molecule has 0 aliphatic rings. The zero-order chi connectivity index (χ0) is 32.9. The molecular weight excluding hydrogens is 597 g/mol. The number of aryl methyl sites for hydroxylation is 2. The van der Waals surface area contributed by atoms with E-state index in [1.54, 1.807) is 0 Å². The zero-order valence-electron chi connectivity index (χ0n) is 27.5. The van der Waals surface area contributed by atoms with E-state index in [0.717, 1.165) is 66.8 Å². The summed E-state index contributed by atoms with van der Waals surface area (Å²) in [5.74, 6) is 0. The molecule has 9 rings (SSSR count). The van der Waals surface area contributed by atoms with Crippen LogP contribution in [0.25, 0.3) is 43.5 Å². The molecule has 234 valence electrons. The Morgan fingerprint density at radius 1 is 0.327 bits per heavy atom. The molecule has 0 bridgehead atoms. The predicted octanol–water partition coefficient (Wildman–Crippen LogP) is 13.4. The monoisotopic (exact) mass is 630 g/mol. The van der Waals surface area contributed by atoms with Gasteiger partial charge in [-0.25, -0.2) is 0 Å². The average molecular weight is 631 g/mol. The van der Waals surface area contributed by atoms with Gasteiger partial charge in [0.25, 0.3) is 0 Å². The minimum atomic E-state index is 0.898. The van der Waals surface area contributed by atoms with E-state index in [2.05, 4.69) is 194 Å². The second-order valence-electron chi connectivity index (χ2n) is 12.9.